The minimum Gasteiger partial charge on any atom is -0.413 e. The largest absolute Gasteiger partial charge is 0.413 e. The minimum atomic E-state index is -1.94. The zero-order valence-corrected chi connectivity index (χ0v) is 21.6. The summed E-state index contributed by atoms with van der Waals surface area (Å²) in [5, 5.41) is 0.130. The van der Waals surface area contributed by atoms with Gasteiger partial charge in [-0.3, -0.25) is 4.79 Å². The molecule has 0 amide bonds. The van der Waals surface area contributed by atoms with Crippen LogP contribution in [0.25, 0.3) is 0 Å². The molecule has 174 valence electrons. The van der Waals surface area contributed by atoms with E-state index >= 15 is 0 Å². The number of hydrogen-bond donors (Lipinski definition) is 0. The Labute approximate surface area is 186 Å². The van der Waals surface area contributed by atoms with Crippen LogP contribution in [0.3, 0.4) is 0 Å². The Bertz CT molecular complexity index is 574. The molecule has 0 N–H and O–H groups in total. The van der Waals surface area contributed by atoms with Crippen LogP contribution in [0.5, 0.6) is 0 Å². The Morgan fingerprint density at radius 2 is 1.80 bits per heavy atom. The van der Waals surface area contributed by atoms with E-state index < -0.39 is 8.32 Å². The maximum absolute atomic E-state index is 12.5. The van der Waals surface area contributed by atoms with Crippen LogP contribution in [0.1, 0.15) is 86.0 Å². The van der Waals surface area contributed by atoms with Crippen molar-refractivity contribution in [1.29, 1.82) is 0 Å². The van der Waals surface area contributed by atoms with Gasteiger partial charge in [-0.2, -0.15) is 0 Å². The molecule has 5 heteroatoms. The maximum atomic E-state index is 12.5. The second-order valence-electron chi connectivity index (χ2n) is 10.8. The third-order valence-electron chi connectivity index (χ3n) is 7.60. The van der Waals surface area contributed by atoms with E-state index in [0.717, 1.165) is 18.4 Å². The summed E-state index contributed by atoms with van der Waals surface area (Å²) >= 11 is 0. The molecule has 0 aromatic rings. The third kappa shape index (κ3) is 6.75. The Kier molecular flexibility index (Phi) is 9.35. The van der Waals surface area contributed by atoms with Gasteiger partial charge in [-0.15, -0.1) is 0 Å². The van der Waals surface area contributed by atoms with Gasteiger partial charge in [0.05, 0.1) is 12.2 Å². The number of carbonyl (C=O) groups excluding carboxylic acids is 1. The molecule has 0 bridgehead atoms. The van der Waals surface area contributed by atoms with Crippen molar-refractivity contribution < 1.29 is 18.7 Å². The van der Waals surface area contributed by atoms with Crippen LogP contribution in [-0.4, -0.2) is 39.2 Å². The summed E-state index contributed by atoms with van der Waals surface area (Å²) in [4.78, 5) is 12.5. The van der Waals surface area contributed by atoms with E-state index in [1.54, 1.807) is 0 Å². The number of Topliss-reactive ketones (excluding diaryl/α,β-unsaturated/α-hetero) is 1. The Morgan fingerprint density at radius 1 is 1.17 bits per heavy atom. The number of carbonyl (C=O) groups is 1. The van der Waals surface area contributed by atoms with E-state index in [0.29, 0.717) is 18.9 Å². The minimum absolute atomic E-state index is 0.0257. The highest BCUT2D eigenvalue weighted by atomic mass is 28.4. The summed E-state index contributed by atoms with van der Waals surface area (Å²) in [7, 11) is -1.94. The fraction of sp³-hybridized carbons (Fsp3) is 0.880. The maximum Gasteiger partial charge on any atom is 0.192 e. The van der Waals surface area contributed by atoms with Gasteiger partial charge in [-0.05, 0) is 69.2 Å². The standard InChI is InChI=1S/C25H46O4Si/c1-9-27-19(3)28-23(20-13-11-10-12-14-20)16-15-21-18(2)22(26)17-24(21)29-30(7,8)25(4,5)6/h19-21,23-24H,2,9-17H2,1,3-8H3/t19?,21-,23-,24-/m1/s1. The first-order chi connectivity index (χ1) is 14.0. The molecule has 2 aliphatic carbocycles. The summed E-state index contributed by atoms with van der Waals surface area (Å²) in [5.74, 6) is 0.886. The SMILES string of the molecule is C=C1C(=O)C[C@@H](O[Si](C)(C)C(C)(C)C)[C@@H]1CC[C@@H](OC(C)OCC)C1CCCCC1. The summed E-state index contributed by atoms with van der Waals surface area (Å²) in [6, 6.07) is 0. The summed E-state index contributed by atoms with van der Waals surface area (Å²) < 4.78 is 18.8. The predicted molar refractivity (Wildman–Crippen MR) is 126 cm³/mol. The van der Waals surface area contributed by atoms with Crippen LogP contribution in [0.2, 0.25) is 18.1 Å². The van der Waals surface area contributed by atoms with Crippen molar-refractivity contribution in [3.8, 4) is 0 Å². The number of hydrogen-bond acceptors (Lipinski definition) is 4. The molecule has 4 nitrogen and oxygen atoms in total. The molecule has 0 saturated heterocycles. The smallest absolute Gasteiger partial charge is 0.192 e. The molecular weight excluding hydrogens is 392 g/mol. The Balaban J connectivity index is 2.08. The first-order valence-corrected chi connectivity index (χ1v) is 15.0. The first-order valence-electron chi connectivity index (χ1n) is 12.1. The lowest BCUT2D eigenvalue weighted by Gasteiger charge is -2.40. The van der Waals surface area contributed by atoms with E-state index in [1.165, 1.54) is 32.1 Å². The number of rotatable bonds is 10. The van der Waals surface area contributed by atoms with Crippen molar-refractivity contribution in [3.05, 3.63) is 12.2 Å². The molecule has 2 aliphatic rings. The van der Waals surface area contributed by atoms with Crippen LogP contribution in [0, 0.1) is 11.8 Å². The molecule has 0 heterocycles. The average molecular weight is 439 g/mol. The van der Waals surface area contributed by atoms with Gasteiger partial charge < -0.3 is 13.9 Å². The van der Waals surface area contributed by atoms with Gasteiger partial charge in [0.25, 0.3) is 0 Å². The van der Waals surface area contributed by atoms with E-state index in [-0.39, 0.29) is 35.2 Å². The quantitative estimate of drug-likeness (QED) is 0.217. The topological polar surface area (TPSA) is 44.8 Å². The Morgan fingerprint density at radius 3 is 2.37 bits per heavy atom. The van der Waals surface area contributed by atoms with Crippen molar-refractivity contribution in [2.75, 3.05) is 6.61 Å². The molecule has 0 radical (unpaired) electrons. The molecule has 2 rings (SSSR count). The highest BCUT2D eigenvalue weighted by Crippen LogP contribution is 2.43. The highest BCUT2D eigenvalue weighted by molar-refractivity contribution is 6.74. The molecule has 0 spiro atoms. The van der Waals surface area contributed by atoms with Crippen molar-refractivity contribution in [3.63, 3.8) is 0 Å². The summed E-state index contributed by atoms with van der Waals surface area (Å²) in [5.41, 5.74) is 0.763. The Hall–Kier alpha value is -0.493. The second-order valence-corrected chi connectivity index (χ2v) is 15.6. The summed E-state index contributed by atoms with van der Waals surface area (Å²) in [6.45, 7) is 20.1. The van der Waals surface area contributed by atoms with Crippen molar-refractivity contribution in [1.82, 2.24) is 0 Å². The normalized spacial score (nSPS) is 26.2. The molecule has 2 saturated carbocycles. The lowest BCUT2D eigenvalue weighted by atomic mass is 9.82. The van der Waals surface area contributed by atoms with E-state index in [9.17, 15) is 4.79 Å². The monoisotopic (exact) mass is 438 g/mol. The molecule has 0 aromatic heterocycles. The van der Waals surface area contributed by atoms with Crippen molar-refractivity contribution in [2.45, 2.75) is 123 Å². The number of ketones is 1. The molecule has 1 unspecified atom stereocenters. The predicted octanol–water partition coefficient (Wildman–Crippen LogP) is 6.65. The van der Waals surface area contributed by atoms with Gasteiger partial charge in [-0.25, -0.2) is 0 Å². The second kappa shape index (κ2) is 10.9. The van der Waals surface area contributed by atoms with Crippen molar-refractivity contribution >= 4 is 14.1 Å². The molecule has 4 atom stereocenters. The van der Waals surface area contributed by atoms with Gasteiger partial charge in [0.1, 0.15) is 0 Å². The molecule has 0 aromatic carbocycles. The van der Waals surface area contributed by atoms with Gasteiger partial charge in [0.15, 0.2) is 20.4 Å². The molecule has 0 aliphatic heterocycles. The van der Waals surface area contributed by atoms with E-state index in [4.69, 9.17) is 13.9 Å². The van der Waals surface area contributed by atoms with Crippen molar-refractivity contribution in [2.24, 2.45) is 11.8 Å². The van der Waals surface area contributed by atoms with Crippen LogP contribution >= 0.6 is 0 Å². The number of ether oxygens (including phenoxy) is 2. The van der Waals surface area contributed by atoms with Crippen LogP contribution in [-0.2, 0) is 18.7 Å². The van der Waals surface area contributed by atoms with Gasteiger partial charge in [0, 0.05) is 18.9 Å². The lowest BCUT2D eigenvalue weighted by Crippen LogP contribution is -2.45. The van der Waals surface area contributed by atoms with Crippen LogP contribution in [0.4, 0.5) is 0 Å². The third-order valence-corrected chi connectivity index (χ3v) is 12.1. The fourth-order valence-electron chi connectivity index (χ4n) is 4.71. The summed E-state index contributed by atoms with van der Waals surface area (Å²) in [6.07, 6.45) is 8.69. The molecule has 2 fully saturated rings. The lowest BCUT2D eigenvalue weighted by molar-refractivity contribution is -0.175. The first kappa shape index (κ1) is 25.8. The van der Waals surface area contributed by atoms with Gasteiger partial charge in [-0.1, -0.05) is 46.6 Å². The van der Waals surface area contributed by atoms with Crippen LogP contribution < -0.4 is 0 Å². The highest BCUT2D eigenvalue weighted by Gasteiger charge is 2.45. The van der Waals surface area contributed by atoms with E-state index in [2.05, 4.69) is 40.4 Å². The average Bonchev–Trinajstić information content (AvgIpc) is 2.91. The van der Waals surface area contributed by atoms with Crippen LogP contribution in [0.15, 0.2) is 12.2 Å². The van der Waals surface area contributed by atoms with Gasteiger partial charge in [0.2, 0.25) is 0 Å². The molecule has 30 heavy (non-hydrogen) atoms. The zero-order chi connectivity index (χ0) is 22.5. The van der Waals surface area contributed by atoms with Gasteiger partial charge >= 0.3 is 0 Å². The zero-order valence-electron chi connectivity index (χ0n) is 20.6. The molecular formula is C25H46O4Si. The van der Waals surface area contributed by atoms with E-state index in [1.807, 2.05) is 13.8 Å². The fourth-order valence-corrected chi connectivity index (χ4v) is 6.07.